The van der Waals surface area contributed by atoms with E-state index in [4.69, 9.17) is 9.15 Å². The number of carbonyl (C=O) groups excluding carboxylic acids is 3. The van der Waals surface area contributed by atoms with Crippen LogP contribution in [0.15, 0.2) is 77.4 Å². The molecular weight excluding hydrogens is 460 g/mol. The summed E-state index contributed by atoms with van der Waals surface area (Å²) >= 11 is 0. The van der Waals surface area contributed by atoms with Crippen molar-refractivity contribution in [1.82, 2.24) is 10.2 Å². The molecule has 2 aromatic carbocycles. The van der Waals surface area contributed by atoms with Crippen LogP contribution in [0.4, 0.5) is 16.2 Å². The van der Waals surface area contributed by atoms with Crippen LogP contribution in [-0.2, 0) is 16.1 Å². The summed E-state index contributed by atoms with van der Waals surface area (Å²) in [5.74, 6) is 0.987. The molecular formula is C27H30N4O5. The lowest BCUT2D eigenvalue weighted by molar-refractivity contribution is -0.135. The third-order valence-corrected chi connectivity index (χ3v) is 5.89. The number of nitrogens with zero attached hydrogens (tertiary/aromatic N) is 1. The Hall–Kier alpha value is -4.27. The van der Waals surface area contributed by atoms with Crippen LogP contribution in [0, 0.1) is 5.92 Å². The van der Waals surface area contributed by atoms with E-state index in [1.165, 1.54) is 0 Å². The standard InChI is InChI=1S/C27H30N4O5/c32-25(14-17-36-23-7-2-1-3-8-23)31-15-4-6-20(19-31)26(33)29-21-10-12-22(13-11-21)30-27(34)28-18-24-9-5-16-35-24/h1-3,5,7-13,16,20H,4,6,14-15,17-19H2,(H,29,33)(H2,28,30,34). The summed E-state index contributed by atoms with van der Waals surface area (Å²) in [4.78, 5) is 39.2. The normalized spacial score (nSPS) is 15.1. The van der Waals surface area contributed by atoms with Crippen LogP contribution in [0.2, 0.25) is 0 Å². The summed E-state index contributed by atoms with van der Waals surface area (Å²) in [7, 11) is 0. The maximum Gasteiger partial charge on any atom is 0.319 e. The number of urea groups is 1. The number of hydrogen-bond donors (Lipinski definition) is 3. The fourth-order valence-electron chi connectivity index (χ4n) is 3.99. The minimum atomic E-state index is -0.357. The fraction of sp³-hybridized carbons (Fsp3) is 0.296. The first-order valence-electron chi connectivity index (χ1n) is 12.0. The second kappa shape index (κ2) is 12.4. The minimum Gasteiger partial charge on any atom is -0.493 e. The van der Waals surface area contributed by atoms with E-state index >= 15 is 0 Å². The highest BCUT2D eigenvalue weighted by Crippen LogP contribution is 2.21. The van der Waals surface area contributed by atoms with Gasteiger partial charge in [0.25, 0.3) is 0 Å². The van der Waals surface area contributed by atoms with Crippen LogP contribution in [0.3, 0.4) is 0 Å². The Balaban J connectivity index is 1.20. The Morgan fingerprint density at radius 1 is 0.944 bits per heavy atom. The van der Waals surface area contributed by atoms with Gasteiger partial charge < -0.3 is 30.0 Å². The molecule has 3 aromatic rings. The summed E-state index contributed by atoms with van der Waals surface area (Å²) < 4.78 is 10.8. The molecule has 36 heavy (non-hydrogen) atoms. The summed E-state index contributed by atoms with van der Waals surface area (Å²) in [5.41, 5.74) is 1.22. The molecule has 1 aliphatic rings. The highest BCUT2D eigenvalue weighted by atomic mass is 16.5. The largest absolute Gasteiger partial charge is 0.493 e. The Kier molecular flexibility index (Phi) is 8.58. The van der Waals surface area contributed by atoms with Gasteiger partial charge in [-0.3, -0.25) is 9.59 Å². The first kappa shape index (κ1) is 24.8. The fourth-order valence-corrected chi connectivity index (χ4v) is 3.99. The van der Waals surface area contributed by atoms with Crippen molar-refractivity contribution in [3.63, 3.8) is 0 Å². The summed E-state index contributed by atoms with van der Waals surface area (Å²) in [6.07, 6.45) is 3.32. The van der Waals surface area contributed by atoms with Gasteiger partial charge in [0.2, 0.25) is 11.8 Å². The van der Waals surface area contributed by atoms with E-state index in [1.54, 1.807) is 47.6 Å². The van der Waals surface area contributed by atoms with Gasteiger partial charge >= 0.3 is 6.03 Å². The molecule has 4 rings (SSSR count). The third-order valence-electron chi connectivity index (χ3n) is 5.89. The monoisotopic (exact) mass is 490 g/mol. The number of benzene rings is 2. The molecule has 4 amide bonds. The average Bonchev–Trinajstić information content (AvgIpc) is 3.43. The zero-order valence-electron chi connectivity index (χ0n) is 19.9. The molecule has 1 saturated heterocycles. The summed E-state index contributed by atoms with van der Waals surface area (Å²) in [6.45, 7) is 1.63. The number of likely N-dealkylation sites (tertiary alicyclic amines) is 1. The number of para-hydroxylation sites is 1. The lowest BCUT2D eigenvalue weighted by atomic mass is 9.96. The van der Waals surface area contributed by atoms with Gasteiger partial charge in [0.15, 0.2) is 0 Å². The molecule has 1 atom stereocenters. The molecule has 188 valence electrons. The topological polar surface area (TPSA) is 113 Å². The van der Waals surface area contributed by atoms with Crippen molar-refractivity contribution in [3.05, 3.63) is 78.8 Å². The van der Waals surface area contributed by atoms with Gasteiger partial charge in [0.1, 0.15) is 11.5 Å². The van der Waals surface area contributed by atoms with Crippen molar-refractivity contribution in [2.24, 2.45) is 5.92 Å². The minimum absolute atomic E-state index is 0.0100. The molecule has 9 nitrogen and oxygen atoms in total. The van der Waals surface area contributed by atoms with Crippen molar-refractivity contribution >= 4 is 29.2 Å². The molecule has 1 unspecified atom stereocenters. The lowest BCUT2D eigenvalue weighted by Crippen LogP contribution is -2.44. The quantitative estimate of drug-likeness (QED) is 0.415. The van der Waals surface area contributed by atoms with Crippen molar-refractivity contribution in [2.45, 2.75) is 25.8 Å². The Morgan fingerprint density at radius 2 is 1.69 bits per heavy atom. The second-order valence-corrected chi connectivity index (χ2v) is 8.54. The molecule has 9 heteroatoms. The smallest absolute Gasteiger partial charge is 0.319 e. The van der Waals surface area contributed by atoms with E-state index < -0.39 is 0 Å². The van der Waals surface area contributed by atoms with Gasteiger partial charge in [-0.25, -0.2) is 4.79 Å². The maximum atomic E-state index is 12.8. The summed E-state index contributed by atoms with van der Waals surface area (Å²) in [6, 6.07) is 19.4. The molecule has 3 N–H and O–H groups in total. The van der Waals surface area contributed by atoms with Crippen molar-refractivity contribution in [2.75, 3.05) is 30.3 Å². The molecule has 0 saturated carbocycles. The van der Waals surface area contributed by atoms with E-state index in [-0.39, 0.29) is 36.7 Å². The van der Waals surface area contributed by atoms with Gasteiger partial charge in [0.05, 0.1) is 31.8 Å². The zero-order chi connectivity index (χ0) is 25.2. The Morgan fingerprint density at radius 3 is 2.42 bits per heavy atom. The number of ether oxygens (including phenoxy) is 1. The van der Waals surface area contributed by atoms with E-state index in [9.17, 15) is 14.4 Å². The van der Waals surface area contributed by atoms with Crippen LogP contribution >= 0.6 is 0 Å². The van der Waals surface area contributed by atoms with Crippen LogP contribution < -0.4 is 20.7 Å². The molecule has 0 bridgehead atoms. The van der Waals surface area contributed by atoms with Crippen molar-refractivity contribution < 1.29 is 23.5 Å². The summed E-state index contributed by atoms with van der Waals surface area (Å²) in [5, 5.41) is 8.36. The molecule has 0 spiro atoms. The number of anilines is 2. The first-order valence-corrected chi connectivity index (χ1v) is 12.0. The van der Waals surface area contributed by atoms with Crippen LogP contribution in [0.5, 0.6) is 5.75 Å². The third kappa shape index (κ3) is 7.36. The number of piperidine rings is 1. The highest BCUT2D eigenvalue weighted by molar-refractivity contribution is 5.94. The zero-order valence-corrected chi connectivity index (χ0v) is 19.9. The van der Waals surface area contributed by atoms with Crippen LogP contribution in [0.25, 0.3) is 0 Å². The molecule has 1 aromatic heterocycles. The van der Waals surface area contributed by atoms with Gasteiger partial charge in [-0.1, -0.05) is 18.2 Å². The predicted octanol–water partition coefficient (Wildman–Crippen LogP) is 4.25. The average molecular weight is 491 g/mol. The number of nitrogens with one attached hydrogen (secondary N) is 3. The van der Waals surface area contributed by atoms with E-state index in [0.717, 1.165) is 18.6 Å². The predicted molar refractivity (Wildman–Crippen MR) is 135 cm³/mol. The van der Waals surface area contributed by atoms with Gasteiger partial charge in [-0.05, 0) is 61.4 Å². The maximum absolute atomic E-state index is 12.8. The molecule has 1 fully saturated rings. The highest BCUT2D eigenvalue weighted by Gasteiger charge is 2.28. The number of hydrogen-bond acceptors (Lipinski definition) is 5. The number of amides is 4. The van der Waals surface area contributed by atoms with E-state index in [1.807, 2.05) is 30.3 Å². The van der Waals surface area contributed by atoms with Gasteiger partial charge in [0, 0.05) is 24.5 Å². The Labute approximate surface area is 209 Å². The van der Waals surface area contributed by atoms with Gasteiger partial charge in [-0.2, -0.15) is 0 Å². The van der Waals surface area contributed by atoms with Crippen molar-refractivity contribution in [1.29, 1.82) is 0 Å². The molecule has 2 heterocycles. The van der Waals surface area contributed by atoms with Gasteiger partial charge in [-0.15, -0.1) is 0 Å². The van der Waals surface area contributed by atoms with E-state index in [2.05, 4.69) is 16.0 Å². The molecule has 0 radical (unpaired) electrons. The lowest BCUT2D eigenvalue weighted by Gasteiger charge is -2.32. The van der Waals surface area contributed by atoms with E-state index in [0.29, 0.717) is 36.8 Å². The van der Waals surface area contributed by atoms with Crippen molar-refractivity contribution in [3.8, 4) is 5.75 Å². The van der Waals surface area contributed by atoms with Crippen LogP contribution in [0.1, 0.15) is 25.0 Å². The molecule has 0 aliphatic carbocycles. The molecule has 1 aliphatic heterocycles. The second-order valence-electron chi connectivity index (χ2n) is 8.54. The Bertz CT molecular complexity index is 1130. The SMILES string of the molecule is O=C(NCc1ccco1)Nc1ccc(NC(=O)C2CCCN(C(=O)CCOc3ccccc3)C2)cc1. The number of rotatable bonds is 9. The number of furan rings is 1. The number of carbonyl (C=O) groups is 3. The van der Waals surface area contributed by atoms with Crippen LogP contribution in [-0.4, -0.2) is 42.4 Å². The first-order chi connectivity index (χ1) is 17.6.